The molecule has 0 aliphatic rings. The number of carbonyl (C=O) groups excluding carboxylic acids is 4. The number of aldehydes is 2. The molecule has 0 amide bonds. The molecular formula is C20H18O8. The van der Waals surface area contributed by atoms with Crippen molar-refractivity contribution in [2.24, 2.45) is 0 Å². The van der Waals surface area contributed by atoms with Gasteiger partial charge in [0, 0.05) is 36.1 Å². The average Bonchev–Trinajstić information content (AvgIpc) is 2.66. The molecule has 0 heterocycles. The first-order valence-electron chi connectivity index (χ1n) is 8.07. The lowest BCUT2D eigenvalue weighted by Crippen LogP contribution is -2.10. The van der Waals surface area contributed by atoms with Crippen LogP contribution in [0.1, 0.15) is 34.6 Å². The number of methoxy groups -OCH3 is 2. The van der Waals surface area contributed by atoms with Crippen LogP contribution in [0.2, 0.25) is 0 Å². The maximum absolute atomic E-state index is 11.7. The number of esters is 2. The van der Waals surface area contributed by atoms with Gasteiger partial charge in [-0.15, -0.1) is 0 Å². The monoisotopic (exact) mass is 386 g/mol. The highest BCUT2D eigenvalue weighted by molar-refractivity contribution is 6.02. The smallest absolute Gasteiger partial charge is 0.308 e. The van der Waals surface area contributed by atoms with Crippen molar-refractivity contribution in [1.82, 2.24) is 0 Å². The summed E-state index contributed by atoms with van der Waals surface area (Å²) in [5.41, 5.74) is 0.284. The first-order valence-corrected chi connectivity index (χ1v) is 8.07. The van der Waals surface area contributed by atoms with Gasteiger partial charge in [-0.05, 0) is 24.3 Å². The summed E-state index contributed by atoms with van der Waals surface area (Å²) < 4.78 is 21.0. The van der Waals surface area contributed by atoms with Crippen LogP contribution in [0.5, 0.6) is 23.0 Å². The molecule has 8 nitrogen and oxygen atoms in total. The Hall–Kier alpha value is -3.68. The highest BCUT2D eigenvalue weighted by Crippen LogP contribution is 2.48. The van der Waals surface area contributed by atoms with E-state index in [9.17, 15) is 19.2 Å². The van der Waals surface area contributed by atoms with Crippen molar-refractivity contribution in [3.63, 3.8) is 0 Å². The summed E-state index contributed by atoms with van der Waals surface area (Å²) in [4.78, 5) is 46.8. The highest BCUT2D eigenvalue weighted by Gasteiger charge is 2.27. The number of benzene rings is 2. The molecule has 0 unspecified atom stereocenters. The van der Waals surface area contributed by atoms with Crippen LogP contribution in [-0.4, -0.2) is 38.7 Å². The van der Waals surface area contributed by atoms with E-state index >= 15 is 0 Å². The minimum Gasteiger partial charge on any atom is -0.493 e. The Balaban J connectivity index is 3.04. The standard InChI is InChI=1S/C20H18O8/c1-11(23)27-19-15(25-3)7-5-13(9-21)17(19)18-14(10-22)6-8-16(26-4)20(18)28-12(2)24/h5-10H,1-4H3. The molecule has 0 aliphatic heterocycles. The fourth-order valence-electron chi connectivity index (χ4n) is 2.68. The third-order valence-corrected chi connectivity index (χ3v) is 3.74. The minimum absolute atomic E-state index is 0.0572. The van der Waals surface area contributed by atoms with E-state index in [1.165, 1.54) is 52.3 Å². The summed E-state index contributed by atoms with van der Waals surface area (Å²) in [6.07, 6.45) is 1.04. The highest BCUT2D eigenvalue weighted by atomic mass is 16.6. The molecule has 0 saturated carbocycles. The van der Waals surface area contributed by atoms with Crippen LogP contribution in [-0.2, 0) is 9.59 Å². The molecule has 2 rings (SSSR count). The van der Waals surface area contributed by atoms with Gasteiger partial charge in [-0.25, -0.2) is 0 Å². The fraction of sp³-hybridized carbons (Fsp3) is 0.200. The van der Waals surface area contributed by atoms with Crippen LogP contribution in [0.25, 0.3) is 11.1 Å². The number of carbonyl (C=O) groups is 4. The van der Waals surface area contributed by atoms with Gasteiger partial charge < -0.3 is 18.9 Å². The molecule has 0 aromatic heterocycles. The van der Waals surface area contributed by atoms with E-state index in [0.717, 1.165) is 0 Å². The van der Waals surface area contributed by atoms with E-state index in [-0.39, 0.29) is 45.3 Å². The predicted octanol–water partition coefficient (Wildman–Crippen LogP) is 2.85. The number of hydrogen-bond acceptors (Lipinski definition) is 8. The quantitative estimate of drug-likeness (QED) is 0.406. The first-order chi connectivity index (χ1) is 13.4. The van der Waals surface area contributed by atoms with Crippen molar-refractivity contribution in [1.29, 1.82) is 0 Å². The van der Waals surface area contributed by atoms with Crippen molar-refractivity contribution in [3.05, 3.63) is 35.4 Å². The lowest BCUT2D eigenvalue weighted by atomic mass is 9.93. The summed E-state index contributed by atoms with van der Waals surface area (Å²) in [5.74, 6) is -1.25. The molecule has 2 aromatic rings. The summed E-state index contributed by atoms with van der Waals surface area (Å²) in [6.45, 7) is 2.35. The van der Waals surface area contributed by atoms with Crippen molar-refractivity contribution < 1.29 is 38.1 Å². The molecule has 0 aliphatic carbocycles. The van der Waals surface area contributed by atoms with E-state index in [2.05, 4.69) is 0 Å². The molecule has 146 valence electrons. The van der Waals surface area contributed by atoms with Crippen LogP contribution < -0.4 is 18.9 Å². The van der Waals surface area contributed by atoms with E-state index < -0.39 is 11.9 Å². The predicted molar refractivity (Wildman–Crippen MR) is 98.4 cm³/mol. The SMILES string of the molecule is COc1ccc(C=O)c(-c2c(C=O)ccc(OC)c2OC(C)=O)c1OC(C)=O. The molecule has 28 heavy (non-hydrogen) atoms. The van der Waals surface area contributed by atoms with E-state index in [1.807, 2.05) is 0 Å². The number of hydrogen-bond donors (Lipinski definition) is 0. The van der Waals surface area contributed by atoms with Crippen LogP contribution in [0.15, 0.2) is 24.3 Å². The summed E-state index contributed by atoms with van der Waals surface area (Å²) in [6, 6.07) is 5.75. The van der Waals surface area contributed by atoms with Crippen molar-refractivity contribution in [3.8, 4) is 34.1 Å². The zero-order valence-corrected chi connectivity index (χ0v) is 15.7. The van der Waals surface area contributed by atoms with Crippen LogP contribution in [0, 0.1) is 0 Å². The maximum Gasteiger partial charge on any atom is 0.308 e. The summed E-state index contributed by atoms with van der Waals surface area (Å²) >= 11 is 0. The Labute approximate surface area is 161 Å². The van der Waals surface area contributed by atoms with Gasteiger partial charge in [-0.1, -0.05) is 0 Å². The molecule has 2 aromatic carbocycles. The van der Waals surface area contributed by atoms with Crippen LogP contribution >= 0.6 is 0 Å². The second-order valence-electron chi connectivity index (χ2n) is 5.55. The molecule has 0 bridgehead atoms. The lowest BCUT2D eigenvalue weighted by Gasteiger charge is -2.20. The van der Waals surface area contributed by atoms with Gasteiger partial charge in [0.05, 0.1) is 14.2 Å². The minimum atomic E-state index is -0.674. The zero-order valence-electron chi connectivity index (χ0n) is 15.7. The molecule has 0 fully saturated rings. The zero-order chi connectivity index (χ0) is 20.8. The fourth-order valence-corrected chi connectivity index (χ4v) is 2.68. The van der Waals surface area contributed by atoms with Gasteiger partial charge >= 0.3 is 11.9 Å². The normalized spacial score (nSPS) is 10.0. The Bertz CT molecular complexity index is 868. The number of rotatable bonds is 7. The van der Waals surface area contributed by atoms with Crippen molar-refractivity contribution in [2.75, 3.05) is 14.2 Å². The van der Waals surface area contributed by atoms with Gasteiger partial charge in [0.25, 0.3) is 0 Å². The molecule has 0 saturated heterocycles. The third kappa shape index (κ3) is 4.01. The second-order valence-corrected chi connectivity index (χ2v) is 5.55. The molecule has 0 spiro atoms. The third-order valence-electron chi connectivity index (χ3n) is 3.74. The molecular weight excluding hydrogens is 368 g/mol. The average molecular weight is 386 g/mol. The van der Waals surface area contributed by atoms with Crippen molar-refractivity contribution in [2.45, 2.75) is 13.8 Å². The molecule has 0 N–H and O–H groups in total. The van der Waals surface area contributed by atoms with Gasteiger partial charge in [0.1, 0.15) is 0 Å². The van der Waals surface area contributed by atoms with Gasteiger partial charge in [0.2, 0.25) is 0 Å². The summed E-state index contributed by atoms with van der Waals surface area (Å²) in [7, 11) is 2.71. The Kier molecular flexibility index (Phi) is 6.49. The molecule has 0 radical (unpaired) electrons. The molecule has 8 heteroatoms. The maximum atomic E-state index is 11.7. The van der Waals surface area contributed by atoms with Crippen LogP contribution in [0.3, 0.4) is 0 Å². The Morgan fingerprint density at radius 2 is 1.07 bits per heavy atom. The van der Waals surface area contributed by atoms with E-state index in [1.54, 1.807) is 0 Å². The lowest BCUT2D eigenvalue weighted by molar-refractivity contribution is -0.133. The Morgan fingerprint density at radius 3 is 1.32 bits per heavy atom. The van der Waals surface area contributed by atoms with Gasteiger partial charge in [0.15, 0.2) is 35.6 Å². The topological polar surface area (TPSA) is 105 Å². The van der Waals surface area contributed by atoms with Gasteiger partial charge in [-0.2, -0.15) is 0 Å². The second kappa shape index (κ2) is 8.81. The van der Waals surface area contributed by atoms with Gasteiger partial charge in [-0.3, -0.25) is 19.2 Å². The largest absolute Gasteiger partial charge is 0.493 e. The van der Waals surface area contributed by atoms with E-state index in [4.69, 9.17) is 18.9 Å². The number of ether oxygens (including phenoxy) is 4. The molecule has 0 atom stereocenters. The first kappa shape index (κ1) is 20.6. The van der Waals surface area contributed by atoms with Crippen molar-refractivity contribution >= 4 is 24.5 Å². The van der Waals surface area contributed by atoms with Crippen LogP contribution in [0.4, 0.5) is 0 Å². The van der Waals surface area contributed by atoms with E-state index in [0.29, 0.717) is 12.6 Å². The summed E-state index contributed by atoms with van der Waals surface area (Å²) in [5, 5.41) is 0. The Morgan fingerprint density at radius 1 is 0.714 bits per heavy atom.